The smallest absolute Gasteiger partial charge is 0.257 e. The van der Waals surface area contributed by atoms with Crippen LogP contribution in [-0.2, 0) is 12.8 Å². The van der Waals surface area contributed by atoms with Crippen molar-refractivity contribution in [2.24, 2.45) is 0 Å². The number of aryl methyl sites for hydroxylation is 2. The average molecular weight is 529 g/mol. The van der Waals surface area contributed by atoms with Crippen LogP contribution in [0.4, 0.5) is 0 Å². The molecule has 2 aromatic carbocycles. The number of carbonyl (C=O) groups excluding carboxylic acids is 2. The minimum absolute atomic E-state index is 0.0293. The number of unbranched alkanes of at least 4 members (excludes halogenated alkanes) is 1. The van der Waals surface area contributed by atoms with Crippen LogP contribution in [0.2, 0.25) is 0 Å². The molecule has 2 N–H and O–H groups in total. The SMILES string of the molecule is CCCCN(C)C(=O)c1cc(C(C)=O)c(O)cc1O.CCCc1cc(OCCCN(C)CC)ccc1CC. The van der Waals surface area contributed by atoms with E-state index in [0.29, 0.717) is 6.54 Å². The molecule has 0 unspecified atom stereocenters. The molecule has 0 saturated carbocycles. The van der Waals surface area contributed by atoms with E-state index in [1.54, 1.807) is 7.05 Å². The summed E-state index contributed by atoms with van der Waals surface area (Å²) in [4.78, 5) is 27.3. The number of phenols is 2. The third-order valence-electron chi connectivity index (χ3n) is 6.49. The van der Waals surface area contributed by atoms with Gasteiger partial charge in [0, 0.05) is 26.2 Å². The second kappa shape index (κ2) is 17.4. The molecule has 0 aromatic heterocycles. The number of phenolic OH excluding ortho intramolecular Hbond substituents is 2. The quantitative estimate of drug-likeness (QED) is 0.228. The zero-order valence-corrected chi connectivity index (χ0v) is 24.5. The lowest BCUT2D eigenvalue weighted by Gasteiger charge is -2.18. The van der Waals surface area contributed by atoms with Crippen LogP contribution >= 0.6 is 0 Å². The third kappa shape index (κ3) is 10.7. The maximum Gasteiger partial charge on any atom is 0.257 e. The number of amides is 1. The van der Waals surface area contributed by atoms with Gasteiger partial charge in [0.05, 0.1) is 17.7 Å². The second-order valence-corrected chi connectivity index (χ2v) is 9.65. The number of benzene rings is 2. The van der Waals surface area contributed by atoms with Crippen molar-refractivity contribution < 1.29 is 24.5 Å². The number of aromatic hydroxyl groups is 2. The molecular formula is C31H48N2O5. The molecule has 0 bridgehead atoms. The monoisotopic (exact) mass is 528 g/mol. The van der Waals surface area contributed by atoms with Gasteiger partial charge in [-0.05, 0) is 75.5 Å². The minimum atomic E-state index is -0.367. The largest absolute Gasteiger partial charge is 0.507 e. The first-order valence-corrected chi connectivity index (χ1v) is 13.8. The van der Waals surface area contributed by atoms with Gasteiger partial charge in [0.25, 0.3) is 5.91 Å². The van der Waals surface area contributed by atoms with Crippen LogP contribution in [0.1, 0.15) is 92.1 Å². The topological polar surface area (TPSA) is 90.3 Å². The molecule has 0 spiro atoms. The van der Waals surface area contributed by atoms with E-state index in [9.17, 15) is 19.8 Å². The molecule has 0 heterocycles. The van der Waals surface area contributed by atoms with Crippen molar-refractivity contribution in [1.29, 1.82) is 0 Å². The Kier molecular flexibility index (Phi) is 15.1. The molecule has 0 saturated heterocycles. The van der Waals surface area contributed by atoms with Crippen molar-refractivity contribution in [3.63, 3.8) is 0 Å². The van der Waals surface area contributed by atoms with Gasteiger partial charge < -0.3 is 24.7 Å². The molecule has 0 fully saturated rings. The molecule has 0 aliphatic heterocycles. The molecule has 0 aliphatic carbocycles. The average Bonchev–Trinajstić information content (AvgIpc) is 2.89. The molecule has 7 heteroatoms. The highest BCUT2D eigenvalue weighted by molar-refractivity contribution is 6.03. The molecule has 7 nitrogen and oxygen atoms in total. The fourth-order valence-corrected chi connectivity index (χ4v) is 3.95. The van der Waals surface area contributed by atoms with E-state index < -0.39 is 0 Å². The number of hydrogen-bond donors (Lipinski definition) is 2. The number of nitrogens with zero attached hydrogens (tertiary/aromatic N) is 2. The Bertz CT molecular complexity index is 1020. The number of ether oxygens (including phenoxy) is 1. The Balaban J connectivity index is 0.000000380. The van der Waals surface area contributed by atoms with Crippen molar-refractivity contribution in [2.45, 2.75) is 73.1 Å². The Morgan fingerprint density at radius 3 is 2.11 bits per heavy atom. The summed E-state index contributed by atoms with van der Waals surface area (Å²) in [6.07, 6.45) is 6.36. The Morgan fingerprint density at radius 1 is 0.842 bits per heavy atom. The van der Waals surface area contributed by atoms with Gasteiger partial charge in [-0.15, -0.1) is 0 Å². The van der Waals surface area contributed by atoms with Crippen molar-refractivity contribution in [3.8, 4) is 17.2 Å². The van der Waals surface area contributed by atoms with Crippen LogP contribution in [0.3, 0.4) is 0 Å². The summed E-state index contributed by atoms with van der Waals surface area (Å²) in [5.74, 6) is -0.343. The van der Waals surface area contributed by atoms with E-state index in [1.807, 2.05) is 6.92 Å². The summed E-state index contributed by atoms with van der Waals surface area (Å²) in [6, 6.07) is 8.82. The standard InChI is InChI=1S/C17H29NO.C14H19NO4/c1-5-9-16-14-17(11-10-15(16)6-2)19-13-8-12-18(4)7-3;1-4-5-6-15(3)14(19)11-7-10(9(2)16)12(17)8-13(11)18/h10-11,14H,5-9,12-13H2,1-4H3;7-8,17-18H,4-6H2,1-3H3. The molecule has 0 aliphatic rings. The highest BCUT2D eigenvalue weighted by Gasteiger charge is 2.19. The zero-order chi connectivity index (χ0) is 28.7. The van der Waals surface area contributed by atoms with Gasteiger partial charge in [-0.1, -0.05) is 46.6 Å². The molecule has 0 atom stereocenters. The number of rotatable bonds is 14. The van der Waals surface area contributed by atoms with Crippen molar-refractivity contribution >= 4 is 11.7 Å². The first kappa shape index (κ1) is 33.0. The van der Waals surface area contributed by atoms with Crippen molar-refractivity contribution in [2.75, 3.05) is 40.3 Å². The highest BCUT2D eigenvalue weighted by Crippen LogP contribution is 2.28. The summed E-state index contributed by atoms with van der Waals surface area (Å²) < 4.78 is 5.86. The van der Waals surface area contributed by atoms with Gasteiger partial charge in [-0.2, -0.15) is 0 Å². The van der Waals surface area contributed by atoms with E-state index in [-0.39, 0.29) is 34.3 Å². The summed E-state index contributed by atoms with van der Waals surface area (Å²) in [5.41, 5.74) is 2.97. The molecule has 2 rings (SSSR count). The maximum atomic E-state index is 12.1. The minimum Gasteiger partial charge on any atom is -0.507 e. The Hall–Kier alpha value is -3.06. The lowest BCUT2D eigenvalue weighted by atomic mass is 10.0. The van der Waals surface area contributed by atoms with E-state index >= 15 is 0 Å². The van der Waals surface area contributed by atoms with Gasteiger partial charge in [-0.3, -0.25) is 9.59 Å². The van der Waals surface area contributed by atoms with Crippen LogP contribution in [-0.4, -0.2) is 72.0 Å². The van der Waals surface area contributed by atoms with Gasteiger partial charge in [0.1, 0.15) is 17.2 Å². The Labute approximate surface area is 229 Å². The van der Waals surface area contributed by atoms with Gasteiger partial charge in [0.15, 0.2) is 5.78 Å². The third-order valence-corrected chi connectivity index (χ3v) is 6.49. The first-order valence-electron chi connectivity index (χ1n) is 13.8. The summed E-state index contributed by atoms with van der Waals surface area (Å²) >= 11 is 0. The normalized spacial score (nSPS) is 10.6. The second-order valence-electron chi connectivity index (χ2n) is 9.65. The lowest BCUT2D eigenvalue weighted by Crippen LogP contribution is -2.27. The predicted molar refractivity (Wildman–Crippen MR) is 155 cm³/mol. The van der Waals surface area contributed by atoms with Crippen LogP contribution in [0.15, 0.2) is 30.3 Å². The number of ketones is 1. The molecular weight excluding hydrogens is 480 g/mol. The zero-order valence-electron chi connectivity index (χ0n) is 24.5. The fraction of sp³-hybridized carbons (Fsp3) is 0.548. The van der Waals surface area contributed by atoms with Gasteiger partial charge >= 0.3 is 0 Å². The first-order chi connectivity index (χ1) is 18.1. The van der Waals surface area contributed by atoms with E-state index in [1.165, 1.54) is 35.4 Å². The summed E-state index contributed by atoms with van der Waals surface area (Å²) in [5, 5.41) is 19.3. The lowest BCUT2D eigenvalue weighted by molar-refractivity contribution is 0.0790. The summed E-state index contributed by atoms with van der Waals surface area (Å²) in [7, 11) is 3.78. The summed E-state index contributed by atoms with van der Waals surface area (Å²) in [6.45, 7) is 13.5. The van der Waals surface area contributed by atoms with E-state index in [0.717, 1.165) is 63.6 Å². The molecule has 38 heavy (non-hydrogen) atoms. The highest BCUT2D eigenvalue weighted by atomic mass is 16.5. The van der Waals surface area contributed by atoms with Crippen LogP contribution in [0.5, 0.6) is 17.2 Å². The van der Waals surface area contributed by atoms with Crippen molar-refractivity contribution in [1.82, 2.24) is 9.80 Å². The number of hydrogen-bond acceptors (Lipinski definition) is 6. The van der Waals surface area contributed by atoms with Crippen LogP contribution < -0.4 is 4.74 Å². The van der Waals surface area contributed by atoms with Crippen LogP contribution in [0.25, 0.3) is 0 Å². The van der Waals surface area contributed by atoms with Gasteiger partial charge in [0.2, 0.25) is 0 Å². The number of Topliss-reactive ketones (excluding diaryl/α,β-unsaturated/α-hetero) is 1. The molecule has 2 aromatic rings. The maximum absolute atomic E-state index is 12.1. The predicted octanol–water partition coefficient (Wildman–Crippen LogP) is 6.09. The van der Waals surface area contributed by atoms with Crippen molar-refractivity contribution in [3.05, 3.63) is 52.6 Å². The Morgan fingerprint density at radius 2 is 1.53 bits per heavy atom. The van der Waals surface area contributed by atoms with Crippen LogP contribution in [0, 0.1) is 0 Å². The van der Waals surface area contributed by atoms with E-state index in [2.05, 4.69) is 50.9 Å². The molecule has 1 amide bonds. The molecule has 212 valence electrons. The molecule has 0 radical (unpaired) electrons. The van der Waals surface area contributed by atoms with Gasteiger partial charge in [-0.25, -0.2) is 0 Å². The van der Waals surface area contributed by atoms with E-state index in [4.69, 9.17) is 4.74 Å². The fourth-order valence-electron chi connectivity index (χ4n) is 3.95. The number of carbonyl (C=O) groups is 2.